The number of ether oxygens (including phenoxy) is 3. The summed E-state index contributed by atoms with van der Waals surface area (Å²) in [6.45, 7) is 4.78. The molecule has 0 spiro atoms. The molecule has 2 aliphatic rings. The van der Waals surface area contributed by atoms with Gasteiger partial charge in [0.25, 0.3) is 5.44 Å². The lowest BCUT2D eigenvalue weighted by Gasteiger charge is -2.26. The summed E-state index contributed by atoms with van der Waals surface area (Å²) in [5, 5.41) is 0. The first-order chi connectivity index (χ1) is 9.74. The summed E-state index contributed by atoms with van der Waals surface area (Å²) in [6, 6.07) is 0. The smallest absolute Gasteiger partial charge is 0.334 e. The Labute approximate surface area is 122 Å². The van der Waals surface area contributed by atoms with Gasteiger partial charge in [-0.05, 0) is 6.92 Å². The van der Waals surface area contributed by atoms with Gasteiger partial charge >= 0.3 is 22.1 Å². The molecule has 9 heteroatoms. The third-order valence-corrected chi connectivity index (χ3v) is 4.73. The van der Waals surface area contributed by atoms with E-state index in [4.69, 9.17) is 13.7 Å². The van der Waals surface area contributed by atoms with E-state index in [9.17, 15) is 18.0 Å². The minimum Gasteiger partial charge on any atom is -0.469 e. The van der Waals surface area contributed by atoms with Crippen LogP contribution in [0, 0.1) is 0 Å². The zero-order chi connectivity index (χ0) is 15.8. The third kappa shape index (κ3) is 3.25. The van der Waals surface area contributed by atoms with Gasteiger partial charge in [-0.25, -0.2) is 4.79 Å². The summed E-state index contributed by atoms with van der Waals surface area (Å²) in [5.74, 6) is -1.38. The second-order valence-electron chi connectivity index (χ2n) is 4.91. The summed E-state index contributed by atoms with van der Waals surface area (Å²) in [5.41, 5.74) is -1.49. The Morgan fingerprint density at radius 2 is 2.00 bits per heavy atom. The van der Waals surface area contributed by atoms with Crippen LogP contribution in [-0.4, -0.2) is 51.2 Å². The Kier molecular flexibility index (Phi) is 4.35. The van der Waals surface area contributed by atoms with Crippen molar-refractivity contribution in [1.82, 2.24) is 0 Å². The number of esters is 2. The van der Waals surface area contributed by atoms with Crippen molar-refractivity contribution < 1.29 is 36.4 Å². The van der Waals surface area contributed by atoms with Gasteiger partial charge in [0.1, 0.15) is 12.2 Å². The molecule has 0 N–H and O–H groups in total. The lowest BCUT2D eigenvalue weighted by atomic mass is 10.1. The van der Waals surface area contributed by atoms with E-state index in [1.165, 1.54) is 14.0 Å². The summed E-state index contributed by atoms with van der Waals surface area (Å²) in [7, 11) is -2.90. The molecule has 2 rings (SSSR count). The first-order valence-electron chi connectivity index (χ1n) is 6.25. The highest BCUT2D eigenvalue weighted by Crippen LogP contribution is 2.37. The van der Waals surface area contributed by atoms with E-state index < -0.39 is 45.8 Å². The van der Waals surface area contributed by atoms with Crippen molar-refractivity contribution in [3.05, 3.63) is 12.2 Å². The number of rotatable bonds is 4. The molecule has 4 atom stereocenters. The molecule has 21 heavy (non-hydrogen) atoms. The van der Waals surface area contributed by atoms with E-state index >= 15 is 0 Å². The summed E-state index contributed by atoms with van der Waals surface area (Å²) in [6.07, 6.45) is -2.31. The van der Waals surface area contributed by atoms with Crippen molar-refractivity contribution in [2.24, 2.45) is 0 Å². The van der Waals surface area contributed by atoms with E-state index in [0.29, 0.717) is 0 Å². The molecule has 2 aliphatic heterocycles. The van der Waals surface area contributed by atoms with E-state index in [1.54, 1.807) is 0 Å². The second kappa shape index (κ2) is 5.74. The molecule has 4 unspecified atom stereocenters. The van der Waals surface area contributed by atoms with Crippen LogP contribution < -0.4 is 0 Å². The summed E-state index contributed by atoms with van der Waals surface area (Å²) >= 11 is 0. The Hall–Kier alpha value is -1.45. The van der Waals surface area contributed by atoms with Gasteiger partial charge in [0, 0.05) is 12.0 Å². The molecule has 0 amide bonds. The monoisotopic (exact) mass is 320 g/mol. The quantitative estimate of drug-likeness (QED) is 0.401. The van der Waals surface area contributed by atoms with Crippen LogP contribution in [-0.2, 0) is 38.1 Å². The van der Waals surface area contributed by atoms with E-state index in [0.717, 1.165) is 0 Å². The molecule has 0 radical (unpaired) electrons. The molecular formula is C12H16O8S. The second-order valence-corrected chi connectivity index (χ2v) is 6.55. The average molecular weight is 320 g/mol. The number of carbonyl (C=O) groups excluding carboxylic acids is 2. The van der Waals surface area contributed by atoms with Gasteiger partial charge in [0.15, 0.2) is 0 Å². The molecule has 2 heterocycles. The first kappa shape index (κ1) is 15.9. The van der Waals surface area contributed by atoms with Crippen LogP contribution >= 0.6 is 0 Å². The van der Waals surface area contributed by atoms with Crippen molar-refractivity contribution in [2.75, 3.05) is 7.11 Å². The van der Waals surface area contributed by atoms with Crippen LogP contribution in [0.15, 0.2) is 12.2 Å². The molecule has 2 saturated heterocycles. The van der Waals surface area contributed by atoms with Crippen LogP contribution in [0.1, 0.15) is 19.8 Å². The minimum absolute atomic E-state index is 0.0661. The van der Waals surface area contributed by atoms with E-state index in [2.05, 4.69) is 11.3 Å². The summed E-state index contributed by atoms with van der Waals surface area (Å²) < 4.78 is 43.8. The Bertz CT molecular complexity index is 566. The standard InChI is InChI=1S/C12H16O8S/c1-6(2)11(14)19-12-9-4-8(20-21(12,15)16)7(18-9)5-10(13)17-3/h7-9,12H,1,4-5H2,2-3H3. The molecule has 0 aromatic carbocycles. The molecule has 2 fully saturated rings. The Balaban J connectivity index is 2.14. The van der Waals surface area contributed by atoms with Crippen molar-refractivity contribution >= 4 is 22.1 Å². The van der Waals surface area contributed by atoms with Gasteiger partial charge in [0.2, 0.25) is 0 Å². The van der Waals surface area contributed by atoms with Gasteiger partial charge in [-0.2, -0.15) is 8.42 Å². The van der Waals surface area contributed by atoms with E-state index in [1.807, 2.05) is 0 Å². The highest BCUT2D eigenvalue weighted by atomic mass is 32.2. The number of methoxy groups -OCH3 is 1. The number of carbonyl (C=O) groups is 2. The Morgan fingerprint density at radius 3 is 2.57 bits per heavy atom. The predicted octanol–water partition coefficient (Wildman–Crippen LogP) is -0.119. The molecule has 8 nitrogen and oxygen atoms in total. The van der Waals surface area contributed by atoms with E-state index in [-0.39, 0.29) is 18.4 Å². The topological polar surface area (TPSA) is 105 Å². The zero-order valence-corrected chi connectivity index (χ0v) is 12.4. The highest BCUT2D eigenvalue weighted by Gasteiger charge is 2.54. The molecule has 0 aliphatic carbocycles. The van der Waals surface area contributed by atoms with Crippen LogP contribution in [0.4, 0.5) is 0 Å². The first-order valence-corrected chi connectivity index (χ1v) is 7.72. The van der Waals surface area contributed by atoms with Crippen molar-refractivity contribution in [2.45, 2.75) is 43.5 Å². The number of hydrogen-bond acceptors (Lipinski definition) is 8. The maximum atomic E-state index is 12.0. The van der Waals surface area contributed by atoms with Crippen molar-refractivity contribution in [3.63, 3.8) is 0 Å². The van der Waals surface area contributed by atoms with Crippen LogP contribution in [0.3, 0.4) is 0 Å². The van der Waals surface area contributed by atoms with Gasteiger partial charge in [-0.1, -0.05) is 6.58 Å². The van der Waals surface area contributed by atoms with Crippen LogP contribution in [0.2, 0.25) is 0 Å². The van der Waals surface area contributed by atoms with Gasteiger partial charge < -0.3 is 14.2 Å². The fraction of sp³-hybridized carbons (Fsp3) is 0.667. The Morgan fingerprint density at radius 1 is 1.33 bits per heavy atom. The lowest BCUT2D eigenvalue weighted by molar-refractivity contribution is -0.149. The van der Waals surface area contributed by atoms with Crippen molar-refractivity contribution in [3.8, 4) is 0 Å². The third-order valence-electron chi connectivity index (χ3n) is 3.24. The SMILES string of the molecule is C=C(C)C(=O)OC1C2CC(OS1(=O)=O)C(CC(=O)OC)O2. The highest BCUT2D eigenvalue weighted by molar-refractivity contribution is 7.87. The fourth-order valence-corrected chi connectivity index (χ4v) is 3.61. The molecule has 2 bridgehead atoms. The van der Waals surface area contributed by atoms with Crippen LogP contribution in [0.5, 0.6) is 0 Å². The maximum Gasteiger partial charge on any atom is 0.334 e. The van der Waals surface area contributed by atoms with Gasteiger partial charge in [-0.15, -0.1) is 0 Å². The molecular weight excluding hydrogens is 304 g/mol. The largest absolute Gasteiger partial charge is 0.469 e. The average Bonchev–Trinajstić information content (AvgIpc) is 2.72. The van der Waals surface area contributed by atoms with Gasteiger partial charge in [0.05, 0.1) is 19.6 Å². The van der Waals surface area contributed by atoms with Gasteiger partial charge in [-0.3, -0.25) is 8.98 Å². The fourth-order valence-electron chi connectivity index (χ4n) is 2.21. The lowest BCUT2D eigenvalue weighted by Crippen LogP contribution is -2.43. The predicted molar refractivity (Wildman–Crippen MR) is 68.4 cm³/mol. The molecule has 0 saturated carbocycles. The number of hydrogen-bond donors (Lipinski definition) is 0. The van der Waals surface area contributed by atoms with Crippen molar-refractivity contribution in [1.29, 1.82) is 0 Å². The molecule has 0 aromatic rings. The maximum absolute atomic E-state index is 12.0. The normalized spacial score (nSPS) is 33.2. The molecule has 0 aromatic heterocycles. The molecule has 118 valence electrons. The minimum atomic E-state index is -4.12. The number of fused-ring (bicyclic) bond motifs is 2. The van der Waals surface area contributed by atoms with Crippen LogP contribution in [0.25, 0.3) is 0 Å². The zero-order valence-electron chi connectivity index (χ0n) is 11.6. The summed E-state index contributed by atoms with van der Waals surface area (Å²) in [4.78, 5) is 22.8.